The molecule has 0 heterocycles. The van der Waals surface area contributed by atoms with Crippen LogP contribution in [0.25, 0.3) is 0 Å². The molecule has 0 unspecified atom stereocenters. The Morgan fingerprint density at radius 1 is 1.15 bits per heavy atom. The zero-order valence-electron chi connectivity index (χ0n) is 10.5. The van der Waals surface area contributed by atoms with Crippen molar-refractivity contribution in [1.29, 1.82) is 0 Å². The number of hydrogen-bond acceptors (Lipinski definition) is 2. The number of benzene rings is 2. The standard InChI is InChI=1S/C14H11ClF2N2O/c1-18-11-6-5-8(15)7-9(11)14(20)19-12-4-2-3-10(16)13(12)17/h2-7,18H,1H3,(H,19,20). The van der Waals surface area contributed by atoms with Crippen molar-refractivity contribution in [3.63, 3.8) is 0 Å². The molecule has 0 bridgehead atoms. The third-order valence-corrected chi connectivity index (χ3v) is 2.93. The van der Waals surface area contributed by atoms with Gasteiger partial charge in [0.2, 0.25) is 0 Å². The lowest BCUT2D eigenvalue weighted by Crippen LogP contribution is -2.15. The molecule has 0 aromatic heterocycles. The summed E-state index contributed by atoms with van der Waals surface area (Å²) in [5.74, 6) is -2.71. The fourth-order valence-electron chi connectivity index (χ4n) is 1.71. The first-order valence-electron chi connectivity index (χ1n) is 5.75. The van der Waals surface area contributed by atoms with Gasteiger partial charge in [-0.3, -0.25) is 4.79 Å². The van der Waals surface area contributed by atoms with Gasteiger partial charge in [-0.1, -0.05) is 17.7 Å². The van der Waals surface area contributed by atoms with Gasteiger partial charge in [0.15, 0.2) is 11.6 Å². The number of carbonyl (C=O) groups excluding carboxylic acids is 1. The van der Waals surface area contributed by atoms with E-state index in [2.05, 4.69) is 10.6 Å². The van der Waals surface area contributed by atoms with Crippen molar-refractivity contribution < 1.29 is 13.6 Å². The summed E-state index contributed by atoms with van der Waals surface area (Å²) in [6, 6.07) is 8.25. The van der Waals surface area contributed by atoms with Crippen molar-refractivity contribution in [2.45, 2.75) is 0 Å². The minimum Gasteiger partial charge on any atom is -0.387 e. The maximum atomic E-state index is 13.5. The van der Waals surface area contributed by atoms with Gasteiger partial charge in [0.25, 0.3) is 5.91 Å². The van der Waals surface area contributed by atoms with Gasteiger partial charge in [-0.05, 0) is 30.3 Å². The lowest BCUT2D eigenvalue weighted by molar-refractivity contribution is 0.102. The van der Waals surface area contributed by atoms with Gasteiger partial charge in [0.1, 0.15) is 0 Å². The Morgan fingerprint density at radius 3 is 2.60 bits per heavy atom. The number of carbonyl (C=O) groups is 1. The molecule has 0 spiro atoms. The number of rotatable bonds is 3. The van der Waals surface area contributed by atoms with Crippen molar-refractivity contribution >= 4 is 28.9 Å². The number of amides is 1. The largest absolute Gasteiger partial charge is 0.387 e. The Kier molecular flexibility index (Phi) is 4.20. The number of hydrogen-bond donors (Lipinski definition) is 2. The van der Waals surface area contributed by atoms with Crippen molar-refractivity contribution in [3.05, 3.63) is 58.6 Å². The molecule has 2 rings (SSSR count). The summed E-state index contributed by atoms with van der Waals surface area (Å²) in [5.41, 5.74) is 0.546. The molecule has 2 aromatic rings. The Hall–Kier alpha value is -2.14. The molecule has 6 heteroatoms. The number of halogens is 3. The molecule has 0 aliphatic carbocycles. The maximum Gasteiger partial charge on any atom is 0.257 e. The second kappa shape index (κ2) is 5.88. The molecule has 0 saturated carbocycles. The molecule has 0 fully saturated rings. The Labute approximate surface area is 119 Å². The predicted octanol–water partition coefficient (Wildman–Crippen LogP) is 3.91. The Balaban J connectivity index is 2.33. The van der Waals surface area contributed by atoms with Crippen LogP contribution in [-0.2, 0) is 0 Å². The molecule has 0 aliphatic rings. The highest BCUT2D eigenvalue weighted by atomic mass is 35.5. The van der Waals surface area contributed by atoms with Gasteiger partial charge in [0, 0.05) is 17.8 Å². The van der Waals surface area contributed by atoms with E-state index in [0.717, 1.165) is 6.07 Å². The minimum atomic E-state index is -1.10. The number of anilines is 2. The van der Waals surface area contributed by atoms with E-state index in [9.17, 15) is 13.6 Å². The van der Waals surface area contributed by atoms with Crippen molar-refractivity contribution in [2.75, 3.05) is 17.7 Å². The molecule has 104 valence electrons. The molecule has 2 aromatic carbocycles. The monoisotopic (exact) mass is 296 g/mol. The highest BCUT2D eigenvalue weighted by Gasteiger charge is 2.15. The molecule has 0 saturated heterocycles. The SMILES string of the molecule is CNc1ccc(Cl)cc1C(=O)Nc1cccc(F)c1F. The van der Waals surface area contributed by atoms with Gasteiger partial charge in [-0.15, -0.1) is 0 Å². The predicted molar refractivity (Wildman–Crippen MR) is 75.3 cm³/mol. The summed E-state index contributed by atoms with van der Waals surface area (Å²) in [4.78, 5) is 12.1. The van der Waals surface area contributed by atoms with E-state index < -0.39 is 17.5 Å². The van der Waals surface area contributed by atoms with Gasteiger partial charge >= 0.3 is 0 Å². The second-order valence-corrected chi connectivity index (χ2v) is 4.43. The minimum absolute atomic E-state index is 0.225. The quantitative estimate of drug-likeness (QED) is 0.901. The topological polar surface area (TPSA) is 41.1 Å². The zero-order valence-corrected chi connectivity index (χ0v) is 11.3. The summed E-state index contributed by atoms with van der Waals surface area (Å²) in [7, 11) is 1.64. The van der Waals surface area contributed by atoms with Crippen LogP contribution in [0.3, 0.4) is 0 Å². The van der Waals surface area contributed by atoms with E-state index in [1.807, 2.05) is 0 Å². The first kappa shape index (κ1) is 14.3. The third-order valence-electron chi connectivity index (χ3n) is 2.70. The highest BCUT2D eigenvalue weighted by molar-refractivity contribution is 6.31. The van der Waals surface area contributed by atoms with Crippen LogP contribution < -0.4 is 10.6 Å². The van der Waals surface area contributed by atoms with Crippen molar-refractivity contribution in [1.82, 2.24) is 0 Å². The van der Waals surface area contributed by atoms with Gasteiger partial charge < -0.3 is 10.6 Å². The maximum absolute atomic E-state index is 13.5. The molecule has 0 atom stereocenters. The zero-order chi connectivity index (χ0) is 14.7. The first-order valence-corrected chi connectivity index (χ1v) is 6.13. The molecular formula is C14H11ClF2N2O. The van der Waals surface area contributed by atoms with Gasteiger partial charge in [0.05, 0.1) is 11.3 Å². The van der Waals surface area contributed by atoms with E-state index in [-0.39, 0.29) is 11.3 Å². The smallest absolute Gasteiger partial charge is 0.257 e. The van der Waals surface area contributed by atoms with Crippen LogP contribution >= 0.6 is 11.6 Å². The average molecular weight is 297 g/mol. The van der Waals surface area contributed by atoms with Crippen LogP contribution in [0.1, 0.15) is 10.4 Å². The molecule has 1 amide bonds. The number of nitrogens with one attached hydrogen (secondary N) is 2. The van der Waals surface area contributed by atoms with E-state index in [4.69, 9.17) is 11.6 Å². The molecule has 0 radical (unpaired) electrons. The van der Waals surface area contributed by atoms with E-state index in [0.29, 0.717) is 10.7 Å². The molecule has 20 heavy (non-hydrogen) atoms. The van der Waals surface area contributed by atoms with Gasteiger partial charge in [-0.25, -0.2) is 8.78 Å². The summed E-state index contributed by atoms with van der Waals surface area (Å²) in [6.07, 6.45) is 0. The average Bonchev–Trinajstić information content (AvgIpc) is 2.43. The second-order valence-electron chi connectivity index (χ2n) is 4.00. The molecule has 2 N–H and O–H groups in total. The summed E-state index contributed by atoms with van der Waals surface area (Å²) in [6.45, 7) is 0. The van der Waals surface area contributed by atoms with Crippen molar-refractivity contribution in [3.8, 4) is 0 Å². The fourth-order valence-corrected chi connectivity index (χ4v) is 1.88. The van der Waals surface area contributed by atoms with Crippen LogP contribution in [0.15, 0.2) is 36.4 Å². The van der Waals surface area contributed by atoms with E-state index in [1.54, 1.807) is 19.2 Å². The molecule has 0 aliphatic heterocycles. The Morgan fingerprint density at radius 2 is 1.90 bits per heavy atom. The van der Waals surface area contributed by atoms with Crippen LogP contribution in [0.5, 0.6) is 0 Å². The van der Waals surface area contributed by atoms with Gasteiger partial charge in [-0.2, -0.15) is 0 Å². The van der Waals surface area contributed by atoms with Crippen LogP contribution in [0.2, 0.25) is 5.02 Å². The lowest BCUT2D eigenvalue weighted by Gasteiger charge is -2.11. The summed E-state index contributed by atoms with van der Waals surface area (Å²) >= 11 is 5.84. The molecule has 3 nitrogen and oxygen atoms in total. The summed E-state index contributed by atoms with van der Waals surface area (Å²) < 4.78 is 26.6. The fraction of sp³-hybridized carbons (Fsp3) is 0.0714. The Bertz CT molecular complexity index is 662. The third kappa shape index (κ3) is 2.88. The normalized spacial score (nSPS) is 10.2. The van der Waals surface area contributed by atoms with Crippen LogP contribution in [0.4, 0.5) is 20.2 Å². The van der Waals surface area contributed by atoms with E-state index in [1.165, 1.54) is 18.2 Å². The van der Waals surface area contributed by atoms with Crippen LogP contribution in [0, 0.1) is 11.6 Å². The first-order chi connectivity index (χ1) is 9.52. The van der Waals surface area contributed by atoms with Crippen LogP contribution in [-0.4, -0.2) is 13.0 Å². The summed E-state index contributed by atoms with van der Waals surface area (Å²) in [5, 5.41) is 5.51. The lowest BCUT2D eigenvalue weighted by atomic mass is 10.1. The van der Waals surface area contributed by atoms with E-state index >= 15 is 0 Å². The highest BCUT2D eigenvalue weighted by Crippen LogP contribution is 2.23. The molecular weight excluding hydrogens is 286 g/mol. The van der Waals surface area contributed by atoms with Crippen molar-refractivity contribution in [2.24, 2.45) is 0 Å².